The Hall–Kier alpha value is -4.88. The van der Waals surface area contributed by atoms with Crippen LogP contribution in [0.4, 0.5) is 0 Å². The van der Waals surface area contributed by atoms with Crippen molar-refractivity contribution in [2.24, 2.45) is 34.1 Å². The highest BCUT2D eigenvalue weighted by Gasteiger charge is 2.68. The number of amides is 6. The van der Waals surface area contributed by atoms with E-state index >= 15 is 0 Å². The Kier molecular flexibility index (Phi) is 18.4. The van der Waals surface area contributed by atoms with Crippen LogP contribution < -0.4 is 43.4 Å². The Labute approximate surface area is 402 Å². The van der Waals surface area contributed by atoms with E-state index in [4.69, 9.17) is 20.8 Å². The van der Waals surface area contributed by atoms with Crippen LogP contribution in [0.5, 0.6) is 0 Å². The average Bonchev–Trinajstić information content (AvgIpc) is 3.66. The van der Waals surface area contributed by atoms with Crippen molar-refractivity contribution in [3.05, 3.63) is 59.7 Å². The molecule has 0 spiro atoms. The highest BCUT2D eigenvalue weighted by molar-refractivity contribution is 6.47. The van der Waals surface area contributed by atoms with Gasteiger partial charge >= 0.3 is 7.12 Å². The van der Waals surface area contributed by atoms with Gasteiger partial charge in [0.05, 0.1) is 23.8 Å². The van der Waals surface area contributed by atoms with Gasteiger partial charge in [-0.25, -0.2) is 0 Å². The molecule has 6 rings (SSSR count). The summed E-state index contributed by atoms with van der Waals surface area (Å²) in [6.07, 6.45) is 3.10. The third-order valence-electron chi connectivity index (χ3n) is 14.3. The maximum atomic E-state index is 13.8. The first-order valence-electron chi connectivity index (χ1n) is 24.5. The van der Waals surface area contributed by atoms with Gasteiger partial charge in [0.2, 0.25) is 23.6 Å². The number of aliphatic hydroxyl groups is 1. The molecule has 0 aromatic heterocycles. The van der Waals surface area contributed by atoms with Crippen LogP contribution in [-0.4, -0.2) is 109 Å². The first-order chi connectivity index (χ1) is 32.0. The van der Waals surface area contributed by atoms with Crippen LogP contribution >= 0.6 is 0 Å². The van der Waals surface area contributed by atoms with E-state index in [0.717, 1.165) is 43.2 Å². The van der Waals surface area contributed by atoms with Gasteiger partial charge in [0.15, 0.2) is 6.17 Å². The van der Waals surface area contributed by atoms with E-state index in [1.54, 1.807) is 39.8 Å². The Morgan fingerprint density at radius 3 is 2.06 bits per heavy atom. The molecule has 3 saturated carbocycles. The molecule has 1 saturated heterocycles. The number of carbonyl (C=O) groups is 6. The second-order valence-corrected chi connectivity index (χ2v) is 20.9. The van der Waals surface area contributed by atoms with Crippen molar-refractivity contribution in [1.82, 2.24) is 31.9 Å². The maximum Gasteiger partial charge on any atom is 0.481 e. The number of aryl methyl sites for hydroxylation is 1. The molecule has 1 unspecified atom stereocenters. The summed E-state index contributed by atoms with van der Waals surface area (Å²) in [5.74, 6) is -3.68. The van der Waals surface area contributed by atoms with Crippen LogP contribution in [0.2, 0.25) is 0 Å². The van der Waals surface area contributed by atoms with E-state index in [1.165, 1.54) is 12.5 Å². The fraction of sp³-hybridized carbons (Fsp3) is 0.640. The third kappa shape index (κ3) is 13.3. The highest BCUT2D eigenvalue weighted by atomic mass is 16.7. The Morgan fingerprint density at radius 1 is 0.824 bits per heavy atom. The number of nitrogens with one attached hydrogen (secondary N) is 6. The van der Waals surface area contributed by atoms with Crippen LogP contribution in [0.3, 0.4) is 0 Å². The van der Waals surface area contributed by atoms with E-state index in [2.05, 4.69) is 83.9 Å². The zero-order valence-corrected chi connectivity index (χ0v) is 41.5. The summed E-state index contributed by atoms with van der Waals surface area (Å²) in [5, 5.41) is 26.5. The van der Waals surface area contributed by atoms with Crippen molar-refractivity contribution in [2.45, 2.75) is 168 Å². The number of aliphatic hydroxyl groups excluding tert-OH is 1. The van der Waals surface area contributed by atoms with Gasteiger partial charge in [-0.15, -0.1) is 0 Å². The SMILES string of the molecule is CCCCc1ccc(-c2ccc(C(=O)NCCC(=O)N[C@@H](CCCCN)C(=O)N[C@H](C(=O)N[C@@H](N)C(=O)N[C@H](C(=O)N[C@@H](C)B3OC4C[C@@H]5C[C@@H](C5(C)C)[C@]4(C)O3)C(C)(C)C)[C@@H](C)O)cc2)cc1. The molecule has 1 heterocycles. The number of nitrogens with two attached hydrogens (primary N) is 2. The standard InChI is InChI=1S/C50H77BN8O9/c1-10-11-14-31-16-18-32(19-17-31)33-20-22-34(23-21-33)43(62)54-26-24-39(61)56-36(15-12-13-25-52)44(63)57-40(29(2)60)45(64)59-42(53)47(66)58-41(48(4,5)6)46(65)55-30(3)51-67-38-28-35-27-37(49(35,7)8)50(38,9)68-51/h16-23,29-30,35-38,40-42,60H,10-15,24-28,52-53H2,1-9H3,(H,54,62)(H,55,65)(H,56,61)(H,57,63)(H,58,66)(H,59,64)/t29-,30+,35+,36+,37+,38?,40+,41-,42-,50+/m1/s1. The van der Waals surface area contributed by atoms with Crippen molar-refractivity contribution in [1.29, 1.82) is 0 Å². The first kappa shape index (κ1) is 54.1. The zero-order valence-electron chi connectivity index (χ0n) is 41.5. The van der Waals surface area contributed by atoms with Crippen LogP contribution in [0, 0.1) is 22.7 Å². The predicted octanol–water partition coefficient (Wildman–Crippen LogP) is 3.00. The molecule has 68 heavy (non-hydrogen) atoms. The molecule has 1 aliphatic heterocycles. The summed E-state index contributed by atoms with van der Waals surface area (Å²) in [4.78, 5) is 80.4. The first-order valence-corrected chi connectivity index (χ1v) is 24.5. The molecule has 0 radical (unpaired) electrons. The van der Waals surface area contributed by atoms with Gasteiger partial charge in [-0.05, 0) is 124 Å². The lowest BCUT2D eigenvalue weighted by atomic mass is 9.43. The summed E-state index contributed by atoms with van der Waals surface area (Å²) in [5.41, 5.74) is 14.4. The summed E-state index contributed by atoms with van der Waals surface area (Å²) >= 11 is 0. The number of hydrogen-bond donors (Lipinski definition) is 9. The van der Waals surface area contributed by atoms with Crippen LogP contribution in [0.25, 0.3) is 11.1 Å². The average molecular weight is 945 g/mol. The lowest BCUT2D eigenvalue weighted by molar-refractivity contribution is -0.199. The topological polar surface area (TPSA) is 265 Å². The molecule has 4 aliphatic rings. The van der Waals surface area contributed by atoms with Crippen molar-refractivity contribution >= 4 is 42.6 Å². The molecule has 18 heteroatoms. The fourth-order valence-corrected chi connectivity index (χ4v) is 9.84. The van der Waals surface area contributed by atoms with Gasteiger partial charge in [0, 0.05) is 18.5 Å². The quantitative estimate of drug-likeness (QED) is 0.0444. The van der Waals surface area contributed by atoms with E-state index in [0.29, 0.717) is 36.8 Å². The van der Waals surface area contributed by atoms with Gasteiger partial charge in [-0.2, -0.15) is 0 Å². The molecule has 2 bridgehead atoms. The molecular weight excluding hydrogens is 867 g/mol. The molecule has 17 nitrogen and oxygen atoms in total. The minimum absolute atomic E-state index is 0.0131. The number of rotatable bonds is 23. The fourth-order valence-electron chi connectivity index (χ4n) is 9.84. The van der Waals surface area contributed by atoms with E-state index in [1.807, 2.05) is 12.1 Å². The largest absolute Gasteiger partial charge is 0.481 e. The Bertz CT molecular complexity index is 2080. The predicted molar refractivity (Wildman–Crippen MR) is 261 cm³/mol. The van der Waals surface area contributed by atoms with Gasteiger partial charge in [0.25, 0.3) is 11.8 Å². The molecule has 2 aromatic rings. The van der Waals surface area contributed by atoms with E-state index in [-0.39, 0.29) is 36.8 Å². The lowest BCUT2D eigenvalue weighted by Gasteiger charge is -2.64. The van der Waals surface area contributed by atoms with Gasteiger partial charge in [-0.3, -0.25) is 28.8 Å². The van der Waals surface area contributed by atoms with Crippen molar-refractivity contribution < 1.29 is 43.2 Å². The van der Waals surface area contributed by atoms with Crippen LogP contribution in [-0.2, 0) is 39.7 Å². The minimum atomic E-state index is -1.68. The smallest absolute Gasteiger partial charge is 0.404 e. The van der Waals surface area contributed by atoms with Crippen molar-refractivity contribution in [2.75, 3.05) is 13.1 Å². The minimum Gasteiger partial charge on any atom is -0.404 e. The molecule has 11 N–H and O–H groups in total. The van der Waals surface area contributed by atoms with Crippen molar-refractivity contribution in [3.63, 3.8) is 0 Å². The molecule has 6 amide bonds. The maximum absolute atomic E-state index is 13.8. The number of hydrogen-bond acceptors (Lipinski definition) is 11. The lowest BCUT2D eigenvalue weighted by Crippen LogP contribution is -2.65. The second kappa shape index (κ2) is 23.2. The normalized spacial score (nSPS) is 23.0. The molecule has 2 aromatic carbocycles. The van der Waals surface area contributed by atoms with Gasteiger partial charge in [0.1, 0.15) is 18.1 Å². The summed E-state index contributed by atoms with van der Waals surface area (Å²) in [6, 6.07) is 11.8. The summed E-state index contributed by atoms with van der Waals surface area (Å²) in [7, 11) is -0.685. The van der Waals surface area contributed by atoms with Gasteiger partial charge in [-0.1, -0.05) is 84.4 Å². The summed E-state index contributed by atoms with van der Waals surface area (Å²) < 4.78 is 12.9. The monoisotopic (exact) mass is 945 g/mol. The van der Waals surface area contributed by atoms with Crippen LogP contribution in [0.1, 0.15) is 130 Å². The zero-order chi connectivity index (χ0) is 50.1. The van der Waals surface area contributed by atoms with Crippen LogP contribution in [0.15, 0.2) is 48.5 Å². The Balaban J connectivity index is 1.11. The molecular formula is C50H77BN8O9. The van der Waals surface area contributed by atoms with E-state index in [9.17, 15) is 33.9 Å². The highest BCUT2D eigenvalue weighted by Crippen LogP contribution is 2.65. The third-order valence-corrected chi connectivity index (χ3v) is 14.3. The number of carbonyl (C=O) groups excluding carboxylic acids is 6. The Morgan fingerprint density at radius 2 is 1.47 bits per heavy atom. The number of unbranched alkanes of at least 4 members (excludes halogenated alkanes) is 2. The second-order valence-electron chi connectivity index (χ2n) is 20.9. The molecule has 374 valence electrons. The molecule has 3 aliphatic carbocycles. The summed E-state index contributed by atoms with van der Waals surface area (Å²) in [6.45, 7) is 17.5. The van der Waals surface area contributed by atoms with Gasteiger partial charge < -0.3 is 57.8 Å². The molecule has 10 atom stereocenters. The molecule has 4 fully saturated rings. The number of benzene rings is 2. The van der Waals surface area contributed by atoms with Crippen molar-refractivity contribution in [3.8, 4) is 11.1 Å². The van der Waals surface area contributed by atoms with E-state index < -0.39 is 84.0 Å².